The highest BCUT2D eigenvalue weighted by molar-refractivity contribution is 8.00. The summed E-state index contributed by atoms with van der Waals surface area (Å²) in [6.45, 7) is 0. The van der Waals surface area contributed by atoms with Crippen LogP contribution in [0.4, 0.5) is 4.79 Å². The molecule has 0 radical (unpaired) electrons. The van der Waals surface area contributed by atoms with Crippen LogP contribution in [0.3, 0.4) is 0 Å². The third-order valence-corrected chi connectivity index (χ3v) is 5.76. The van der Waals surface area contributed by atoms with E-state index in [1.54, 1.807) is 0 Å². The third-order valence-electron chi connectivity index (χ3n) is 3.37. The lowest BCUT2D eigenvalue weighted by Crippen LogP contribution is -2.35. The number of thiol groups is 2. The Morgan fingerprint density at radius 3 is 2.78 bits per heavy atom. The number of nitrogens with zero attached hydrogens (tertiary/aromatic N) is 2. The maximum atomic E-state index is 11.7. The number of fused-ring (bicyclic) bond motifs is 1. The summed E-state index contributed by atoms with van der Waals surface area (Å²) >= 11 is 10.3. The summed E-state index contributed by atoms with van der Waals surface area (Å²) in [5.74, 6) is 0.126. The van der Waals surface area contributed by atoms with Crippen molar-refractivity contribution in [3.63, 3.8) is 0 Å². The SMILES string of the molecule is O=C(O)CCCC[C@H]1SC[C@@H]2[C@H]1N(S)C(=O)N2S. The fraction of sp³-hybridized carbons (Fsp3) is 0.800. The standard InChI is InChI=1S/C10H16N2O3S3/c13-8(14)4-2-1-3-7-9-6(5-18-7)11(16)10(15)12(9)17/h6-7,9,16-17H,1-5H2,(H,13,14)/t6-,7-,9-/m1/s1. The number of amides is 2. The first-order valence-electron chi connectivity index (χ1n) is 5.86. The van der Waals surface area contributed by atoms with E-state index in [4.69, 9.17) is 5.11 Å². The van der Waals surface area contributed by atoms with Crippen LogP contribution in [-0.4, -0.2) is 48.8 Å². The first kappa shape index (κ1) is 14.2. The lowest BCUT2D eigenvalue weighted by atomic mass is 10.0. The van der Waals surface area contributed by atoms with Gasteiger partial charge in [-0.15, -0.1) is 0 Å². The summed E-state index contributed by atoms with van der Waals surface area (Å²) < 4.78 is 2.93. The summed E-state index contributed by atoms with van der Waals surface area (Å²) in [6.07, 6.45) is 2.70. The average Bonchev–Trinajstić information content (AvgIpc) is 2.82. The minimum Gasteiger partial charge on any atom is -0.481 e. The van der Waals surface area contributed by atoms with Crippen LogP contribution in [0.15, 0.2) is 0 Å². The van der Waals surface area contributed by atoms with E-state index in [-0.39, 0.29) is 24.5 Å². The molecule has 2 amide bonds. The molecule has 2 rings (SSSR count). The van der Waals surface area contributed by atoms with E-state index in [0.29, 0.717) is 11.7 Å². The van der Waals surface area contributed by atoms with E-state index >= 15 is 0 Å². The molecule has 2 saturated heterocycles. The maximum Gasteiger partial charge on any atom is 0.340 e. The van der Waals surface area contributed by atoms with E-state index in [1.807, 2.05) is 11.8 Å². The molecule has 2 aliphatic rings. The van der Waals surface area contributed by atoms with Crippen molar-refractivity contribution in [1.29, 1.82) is 0 Å². The van der Waals surface area contributed by atoms with Crippen LogP contribution in [0.1, 0.15) is 25.7 Å². The molecule has 0 saturated carbocycles. The Morgan fingerprint density at radius 1 is 1.39 bits per heavy atom. The van der Waals surface area contributed by atoms with Gasteiger partial charge in [0.2, 0.25) is 0 Å². The zero-order chi connectivity index (χ0) is 13.3. The third kappa shape index (κ3) is 2.70. The van der Waals surface area contributed by atoms with Crippen LogP contribution in [0.2, 0.25) is 0 Å². The van der Waals surface area contributed by atoms with Gasteiger partial charge in [-0.2, -0.15) is 11.8 Å². The molecule has 102 valence electrons. The van der Waals surface area contributed by atoms with Crippen LogP contribution in [-0.2, 0) is 4.79 Å². The fourth-order valence-electron chi connectivity index (χ4n) is 2.45. The molecule has 0 spiro atoms. The maximum absolute atomic E-state index is 11.7. The molecular formula is C10H16N2O3S3. The van der Waals surface area contributed by atoms with Crippen molar-refractivity contribution in [3.05, 3.63) is 0 Å². The zero-order valence-electron chi connectivity index (χ0n) is 9.73. The number of hydrogen-bond donors (Lipinski definition) is 3. The van der Waals surface area contributed by atoms with E-state index in [1.165, 1.54) is 8.61 Å². The molecule has 0 unspecified atom stereocenters. The van der Waals surface area contributed by atoms with Crippen molar-refractivity contribution >= 4 is 49.4 Å². The topological polar surface area (TPSA) is 60.9 Å². The summed E-state index contributed by atoms with van der Waals surface area (Å²) in [7, 11) is 0. The molecule has 3 atom stereocenters. The highest BCUT2D eigenvalue weighted by atomic mass is 32.2. The van der Waals surface area contributed by atoms with Crippen molar-refractivity contribution in [1.82, 2.24) is 8.61 Å². The van der Waals surface area contributed by atoms with Gasteiger partial charge < -0.3 is 5.11 Å². The Labute approximate surface area is 121 Å². The van der Waals surface area contributed by atoms with Crippen molar-refractivity contribution in [2.24, 2.45) is 0 Å². The fourth-order valence-corrected chi connectivity index (χ4v) is 5.07. The van der Waals surface area contributed by atoms with Crippen molar-refractivity contribution < 1.29 is 14.7 Å². The van der Waals surface area contributed by atoms with Crippen LogP contribution in [0.5, 0.6) is 0 Å². The average molecular weight is 308 g/mol. The first-order chi connectivity index (χ1) is 8.52. The normalized spacial score (nSPS) is 31.0. The second-order valence-electron chi connectivity index (χ2n) is 4.54. The van der Waals surface area contributed by atoms with Gasteiger partial charge in [0.05, 0.1) is 12.1 Å². The van der Waals surface area contributed by atoms with Crippen molar-refractivity contribution in [2.75, 3.05) is 5.75 Å². The number of carbonyl (C=O) groups excluding carboxylic acids is 1. The van der Waals surface area contributed by atoms with E-state index in [2.05, 4.69) is 25.6 Å². The summed E-state index contributed by atoms with van der Waals surface area (Å²) in [6, 6.07) is 0.0495. The number of urea groups is 1. The molecule has 0 aromatic carbocycles. The summed E-state index contributed by atoms with van der Waals surface area (Å²) in [4.78, 5) is 22.1. The minimum absolute atomic E-state index is 0.0909. The Hall–Kier alpha value is -0.210. The minimum atomic E-state index is -0.750. The molecule has 5 nitrogen and oxygen atoms in total. The Bertz CT molecular complexity index is 355. The summed E-state index contributed by atoms with van der Waals surface area (Å²) in [5, 5.41) is 8.92. The Balaban J connectivity index is 1.84. The number of thioether (sulfide) groups is 1. The summed E-state index contributed by atoms with van der Waals surface area (Å²) in [5.41, 5.74) is 0. The van der Waals surface area contributed by atoms with E-state index in [0.717, 1.165) is 18.6 Å². The molecule has 18 heavy (non-hydrogen) atoms. The molecule has 0 aromatic heterocycles. The van der Waals surface area contributed by atoms with E-state index < -0.39 is 5.97 Å². The number of unbranched alkanes of at least 4 members (excludes halogenated alkanes) is 1. The predicted molar refractivity (Wildman–Crippen MR) is 77.0 cm³/mol. The number of hydrogen-bond acceptors (Lipinski definition) is 5. The van der Waals surface area contributed by atoms with Crippen molar-refractivity contribution in [3.8, 4) is 0 Å². The zero-order valence-corrected chi connectivity index (χ0v) is 12.3. The van der Waals surface area contributed by atoms with Gasteiger partial charge in [-0.05, 0) is 12.8 Å². The van der Waals surface area contributed by atoms with Crippen molar-refractivity contribution in [2.45, 2.75) is 43.0 Å². The number of aliphatic carboxylic acids is 1. The number of carboxylic acids is 1. The number of carbonyl (C=O) groups is 2. The van der Waals surface area contributed by atoms with Gasteiger partial charge in [0, 0.05) is 17.4 Å². The van der Waals surface area contributed by atoms with Crippen LogP contribution in [0, 0.1) is 0 Å². The van der Waals surface area contributed by atoms with Gasteiger partial charge in [-0.3, -0.25) is 13.4 Å². The second-order valence-corrected chi connectivity index (χ2v) is 6.68. The largest absolute Gasteiger partial charge is 0.481 e. The molecule has 8 heteroatoms. The Morgan fingerprint density at radius 2 is 2.11 bits per heavy atom. The molecule has 2 fully saturated rings. The van der Waals surface area contributed by atoms with E-state index in [9.17, 15) is 9.59 Å². The highest BCUT2D eigenvalue weighted by Crippen LogP contribution is 2.42. The molecule has 2 heterocycles. The van der Waals surface area contributed by atoms with Crippen LogP contribution in [0.25, 0.3) is 0 Å². The van der Waals surface area contributed by atoms with Gasteiger partial charge in [-0.25, -0.2) is 4.79 Å². The van der Waals surface area contributed by atoms with Gasteiger partial charge >= 0.3 is 12.0 Å². The highest BCUT2D eigenvalue weighted by Gasteiger charge is 2.51. The Kier molecular flexibility index (Phi) is 4.60. The molecule has 0 aromatic rings. The van der Waals surface area contributed by atoms with Gasteiger partial charge in [0.15, 0.2) is 0 Å². The smallest absolute Gasteiger partial charge is 0.340 e. The second kappa shape index (κ2) is 5.83. The van der Waals surface area contributed by atoms with Gasteiger partial charge in [0.1, 0.15) is 0 Å². The van der Waals surface area contributed by atoms with Gasteiger partial charge in [0.25, 0.3) is 0 Å². The van der Waals surface area contributed by atoms with Crippen LogP contribution >= 0.6 is 37.4 Å². The van der Waals surface area contributed by atoms with Crippen LogP contribution < -0.4 is 0 Å². The lowest BCUT2D eigenvalue weighted by Gasteiger charge is -2.21. The molecule has 0 aliphatic carbocycles. The molecular weight excluding hydrogens is 292 g/mol. The molecule has 0 bridgehead atoms. The monoisotopic (exact) mass is 308 g/mol. The molecule has 1 N–H and O–H groups in total. The number of rotatable bonds is 5. The first-order valence-corrected chi connectivity index (χ1v) is 7.71. The quantitative estimate of drug-likeness (QED) is 0.412. The lowest BCUT2D eigenvalue weighted by molar-refractivity contribution is -0.137. The molecule has 2 aliphatic heterocycles. The predicted octanol–water partition coefficient (Wildman–Crippen LogP) is 1.91. The van der Waals surface area contributed by atoms with Gasteiger partial charge in [-0.1, -0.05) is 32.1 Å². The number of carboxylic acid groups (broad SMARTS) is 1.